The fourth-order valence-corrected chi connectivity index (χ4v) is 1.95. The summed E-state index contributed by atoms with van der Waals surface area (Å²) in [5.74, 6) is 0. The quantitative estimate of drug-likeness (QED) is 0.611. The van der Waals surface area contributed by atoms with Crippen LogP contribution in [0.4, 0.5) is 0 Å². The van der Waals surface area contributed by atoms with Crippen LogP contribution in [-0.4, -0.2) is 25.2 Å². The lowest BCUT2D eigenvalue weighted by molar-refractivity contribution is 0.341. The first-order valence-corrected chi connectivity index (χ1v) is 5.29. The Morgan fingerprint density at radius 3 is 2.75 bits per heavy atom. The molecular formula is C10H22N2. The van der Waals surface area contributed by atoms with Gasteiger partial charge in [-0.05, 0) is 38.8 Å². The van der Waals surface area contributed by atoms with Gasteiger partial charge in [-0.25, -0.2) is 0 Å². The summed E-state index contributed by atoms with van der Waals surface area (Å²) < 4.78 is 0. The molecule has 0 radical (unpaired) electrons. The highest BCUT2D eigenvalue weighted by Crippen LogP contribution is 2.21. The molecule has 1 heterocycles. The Labute approximate surface area is 76.1 Å². The molecule has 2 N–H and O–H groups in total. The highest BCUT2D eigenvalue weighted by Gasteiger charge is 2.30. The van der Waals surface area contributed by atoms with E-state index in [0.717, 1.165) is 13.1 Å². The Morgan fingerprint density at radius 1 is 1.42 bits per heavy atom. The summed E-state index contributed by atoms with van der Waals surface area (Å²) in [4.78, 5) is 0. The molecule has 0 bridgehead atoms. The zero-order valence-corrected chi connectivity index (χ0v) is 8.45. The molecule has 1 atom stereocenters. The molecule has 1 aliphatic heterocycles. The lowest BCUT2D eigenvalue weighted by atomic mass is 9.94. The molecular weight excluding hydrogens is 148 g/mol. The molecule has 0 amide bonds. The molecule has 0 spiro atoms. The van der Waals surface area contributed by atoms with E-state index < -0.39 is 0 Å². The van der Waals surface area contributed by atoms with Crippen molar-refractivity contribution in [1.82, 2.24) is 10.6 Å². The van der Waals surface area contributed by atoms with Crippen LogP contribution in [0.5, 0.6) is 0 Å². The smallest absolute Gasteiger partial charge is 0.0304 e. The molecule has 0 aromatic carbocycles. The molecule has 0 saturated carbocycles. The Hall–Kier alpha value is -0.0800. The number of rotatable bonds is 5. The fraction of sp³-hybridized carbons (Fsp3) is 1.00. The average Bonchev–Trinajstić information content (AvgIpc) is 2.55. The lowest BCUT2D eigenvalue weighted by Gasteiger charge is -2.28. The van der Waals surface area contributed by atoms with E-state index in [2.05, 4.69) is 24.5 Å². The van der Waals surface area contributed by atoms with Crippen LogP contribution in [0.2, 0.25) is 0 Å². The van der Waals surface area contributed by atoms with Crippen molar-refractivity contribution < 1.29 is 0 Å². The van der Waals surface area contributed by atoms with Crippen molar-refractivity contribution in [3.05, 3.63) is 0 Å². The predicted molar refractivity (Wildman–Crippen MR) is 53.4 cm³/mol. The van der Waals surface area contributed by atoms with Gasteiger partial charge in [-0.15, -0.1) is 0 Å². The van der Waals surface area contributed by atoms with Gasteiger partial charge in [-0.1, -0.05) is 13.8 Å². The van der Waals surface area contributed by atoms with Gasteiger partial charge in [-0.3, -0.25) is 0 Å². The molecule has 1 saturated heterocycles. The molecule has 1 fully saturated rings. The van der Waals surface area contributed by atoms with E-state index in [-0.39, 0.29) is 0 Å². The summed E-state index contributed by atoms with van der Waals surface area (Å²) in [6.45, 7) is 8.02. The zero-order valence-electron chi connectivity index (χ0n) is 8.45. The van der Waals surface area contributed by atoms with Gasteiger partial charge in [0.15, 0.2) is 0 Å². The van der Waals surface area contributed by atoms with Crippen LogP contribution in [0.1, 0.15) is 39.5 Å². The van der Waals surface area contributed by atoms with E-state index in [1.54, 1.807) is 0 Å². The van der Waals surface area contributed by atoms with Crippen molar-refractivity contribution in [2.75, 3.05) is 19.6 Å². The van der Waals surface area contributed by atoms with Gasteiger partial charge in [0.25, 0.3) is 0 Å². The molecule has 0 aliphatic carbocycles. The van der Waals surface area contributed by atoms with E-state index in [4.69, 9.17) is 0 Å². The predicted octanol–water partition coefficient (Wildman–Crippen LogP) is 1.52. The van der Waals surface area contributed by atoms with Crippen LogP contribution in [0.25, 0.3) is 0 Å². The van der Waals surface area contributed by atoms with Crippen molar-refractivity contribution in [3.63, 3.8) is 0 Å². The second-order valence-electron chi connectivity index (χ2n) is 3.84. The van der Waals surface area contributed by atoms with Gasteiger partial charge < -0.3 is 10.6 Å². The maximum absolute atomic E-state index is 3.62. The zero-order chi connectivity index (χ0) is 8.86. The van der Waals surface area contributed by atoms with Crippen LogP contribution in [0.3, 0.4) is 0 Å². The molecule has 72 valence electrons. The Kier molecular flexibility index (Phi) is 4.02. The molecule has 2 heteroatoms. The van der Waals surface area contributed by atoms with Crippen LogP contribution in [0.15, 0.2) is 0 Å². The molecule has 0 aromatic rings. The molecule has 1 aliphatic rings. The van der Waals surface area contributed by atoms with Crippen molar-refractivity contribution in [1.29, 1.82) is 0 Å². The topological polar surface area (TPSA) is 24.1 Å². The summed E-state index contributed by atoms with van der Waals surface area (Å²) in [6, 6.07) is 0. The van der Waals surface area contributed by atoms with E-state index in [0.29, 0.717) is 5.54 Å². The third kappa shape index (κ3) is 2.46. The average molecular weight is 170 g/mol. The Balaban J connectivity index is 2.24. The van der Waals surface area contributed by atoms with Crippen molar-refractivity contribution in [2.24, 2.45) is 0 Å². The number of hydrogen-bond donors (Lipinski definition) is 2. The number of nitrogens with one attached hydrogen (secondary N) is 2. The third-order valence-electron chi connectivity index (χ3n) is 2.90. The van der Waals surface area contributed by atoms with E-state index >= 15 is 0 Å². The van der Waals surface area contributed by atoms with Gasteiger partial charge in [0, 0.05) is 12.1 Å². The van der Waals surface area contributed by atoms with Gasteiger partial charge in [0.2, 0.25) is 0 Å². The van der Waals surface area contributed by atoms with Crippen molar-refractivity contribution in [3.8, 4) is 0 Å². The summed E-state index contributed by atoms with van der Waals surface area (Å²) in [7, 11) is 0. The van der Waals surface area contributed by atoms with Crippen molar-refractivity contribution >= 4 is 0 Å². The molecule has 2 nitrogen and oxygen atoms in total. The fourth-order valence-electron chi connectivity index (χ4n) is 1.95. The van der Waals surface area contributed by atoms with Gasteiger partial charge in [0.1, 0.15) is 0 Å². The van der Waals surface area contributed by atoms with Crippen LogP contribution < -0.4 is 10.6 Å². The first kappa shape index (κ1) is 10.0. The molecule has 12 heavy (non-hydrogen) atoms. The maximum atomic E-state index is 3.62. The van der Waals surface area contributed by atoms with Gasteiger partial charge in [-0.2, -0.15) is 0 Å². The summed E-state index contributed by atoms with van der Waals surface area (Å²) in [6.07, 6.45) is 5.19. The summed E-state index contributed by atoms with van der Waals surface area (Å²) in [5.41, 5.74) is 0.426. The molecule has 1 rings (SSSR count). The van der Waals surface area contributed by atoms with E-state index in [1.807, 2.05) is 0 Å². The first-order valence-electron chi connectivity index (χ1n) is 5.29. The summed E-state index contributed by atoms with van der Waals surface area (Å²) in [5, 5.41) is 7.12. The van der Waals surface area contributed by atoms with Gasteiger partial charge >= 0.3 is 0 Å². The maximum Gasteiger partial charge on any atom is 0.0304 e. The van der Waals surface area contributed by atoms with Gasteiger partial charge in [0.05, 0.1) is 0 Å². The van der Waals surface area contributed by atoms with Crippen LogP contribution in [-0.2, 0) is 0 Å². The second kappa shape index (κ2) is 4.83. The second-order valence-corrected chi connectivity index (χ2v) is 3.84. The minimum atomic E-state index is 0.426. The molecule has 0 aromatic heterocycles. The SMILES string of the molecule is CCCNCC1(CC)CCCN1. The minimum absolute atomic E-state index is 0.426. The van der Waals surface area contributed by atoms with Crippen LogP contribution in [0, 0.1) is 0 Å². The Morgan fingerprint density at radius 2 is 2.25 bits per heavy atom. The lowest BCUT2D eigenvalue weighted by Crippen LogP contribution is -2.48. The standard InChI is InChI=1S/C10H22N2/c1-3-7-11-9-10(4-2)6-5-8-12-10/h11-12H,3-9H2,1-2H3. The minimum Gasteiger partial charge on any atom is -0.315 e. The highest BCUT2D eigenvalue weighted by molar-refractivity contribution is 4.93. The highest BCUT2D eigenvalue weighted by atomic mass is 15.1. The summed E-state index contributed by atoms with van der Waals surface area (Å²) >= 11 is 0. The van der Waals surface area contributed by atoms with Crippen molar-refractivity contribution in [2.45, 2.75) is 45.1 Å². The van der Waals surface area contributed by atoms with E-state index in [1.165, 1.54) is 32.2 Å². The largest absolute Gasteiger partial charge is 0.315 e. The third-order valence-corrected chi connectivity index (χ3v) is 2.90. The number of hydrogen-bond acceptors (Lipinski definition) is 2. The normalized spacial score (nSPS) is 29.5. The molecule has 1 unspecified atom stereocenters. The van der Waals surface area contributed by atoms with E-state index in [9.17, 15) is 0 Å². The first-order chi connectivity index (χ1) is 5.83. The van der Waals surface area contributed by atoms with Crippen LogP contribution >= 0.6 is 0 Å². The monoisotopic (exact) mass is 170 g/mol. The Bertz CT molecular complexity index is 117.